The van der Waals surface area contributed by atoms with Crippen molar-refractivity contribution in [2.45, 2.75) is 25.0 Å². The van der Waals surface area contributed by atoms with Crippen LogP contribution in [0.1, 0.15) is 12.0 Å². The lowest BCUT2D eigenvalue weighted by Gasteiger charge is -2.11. The summed E-state index contributed by atoms with van der Waals surface area (Å²) >= 11 is 0. The summed E-state index contributed by atoms with van der Waals surface area (Å²) < 4.78 is 25.8. The van der Waals surface area contributed by atoms with Crippen LogP contribution in [0, 0.1) is 0 Å². The van der Waals surface area contributed by atoms with Gasteiger partial charge in [-0.2, -0.15) is 0 Å². The average molecular weight is 256 g/mol. The number of rotatable bonds is 3. The molecule has 0 aliphatic carbocycles. The lowest BCUT2D eigenvalue weighted by molar-refractivity contribution is -0.118. The number of nitrogens with one attached hydrogen (secondary N) is 2. The molecule has 1 aliphatic rings. The molecular formula is C12H14F2N2O2. The van der Waals surface area contributed by atoms with E-state index in [2.05, 4.69) is 10.6 Å². The fourth-order valence-electron chi connectivity index (χ4n) is 1.82. The molecule has 0 saturated carbocycles. The first-order chi connectivity index (χ1) is 8.50. The molecule has 1 aliphatic heterocycles. The standard InChI is InChI=1S/C12H14F2N2O2/c13-12(14)5-10(15-7-12)11(18)16-9-3-1-8(6-17)2-4-9/h1-4,10,15,17H,5-7H2,(H,16,18). The van der Waals surface area contributed by atoms with Gasteiger partial charge in [0.15, 0.2) is 0 Å². The Kier molecular flexibility index (Phi) is 3.58. The fraction of sp³-hybridized carbons (Fsp3) is 0.417. The Balaban J connectivity index is 1.95. The zero-order chi connectivity index (χ0) is 13.2. The number of aliphatic hydroxyl groups is 1. The van der Waals surface area contributed by atoms with Crippen molar-refractivity contribution in [1.82, 2.24) is 5.32 Å². The number of aliphatic hydroxyl groups excluding tert-OH is 1. The number of alkyl halides is 2. The van der Waals surface area contributed by atoms with Crippen LogP contribution in [0.4, 0.5) is 14.5 Å². The predicted molar refractivity (Wildman–Crippen MR) is 62.3 cm³/mol. The number of hydrogen-bond acceptors (Lipinski definition) is 3. The minimum absolute atomic E-state index is 0.0787. The molecule has 0 aromatic heterocycles. The van der Waals surface area contributed by atoms with Gasteiger partial charge in [-0.3, -0.25) is 10.1 Å². The number of halogens is 2. The molecule has 4 nitrogen and oxygen atoms in total. The second-order valence-electron chi connectivity index (χ2n) is 4.34. The third-order valence-electron chi connectivity index (χ3n) is 2.83. The molecule has 1 heterocycles. The van der Waals surface area contributed by atoms with Crippen LogP contribution in [0.3, 0.4) is 0 Å². The first-order valence-electron chi connectivity index (χ1n) is 5.62. The Morgan fingerprint density at radius 3 is 2.61 bits per heavy atom. The first-order valence-corrected chi connectivity index (χ1v) is 5.62. The zero-order valence-corrected chi connectivity index (χ0v) is 9.62. The van der Waals surface area contributed by atoms with Crippen LogP contribution in [0.5, 0.6) is 0 Å². The molecule has 3 N–H and O–H groups in total. The Bertz CT molecular complexity index is 434. The summed E-state index contributed by atoms with van der Waals surface area (Å²) in [4.78, 5) is 11.7. The number of benzene rings is 1. The highest BCUT2D eigenvalue weighted by molar-refractivity contribution is 5.95. The number of carbonyl (C=O) groups is 1. The molecule has 0 radical (unpaired) electrons. The molecule has 98 valence electrons. The molecule has 1 saturated heterocycles. The van der Waals surface area contributed by atoms with E-state index < -0.39 is 30.8 Å². The third kappa shape index (κ3) is 3.02. The van der Waals surface area contributed by atoms with Gasteiger partial charge < -0.3 is 10.4 Å². The van der Waals surface area contributed by atoms with Crippen LogP contribution >= 0.6 is 0 Å². The minimum Gasteiger partial charge on any atom is -0.392 e. The highest BCUT2D eigenvalue weighted by Crippen LogP contribution is 2.25. The molecule has 1 fully saturated rings. The molecule has 18 heavy (non-hydrogen) atoms. The van der Waals surface area contributed by atoms with E-state index in [1.165, 1.54) is 0 Å². The van der Waals surface area contributed by atoms with Crippen LogP contribution in [0.2, 0.25) is 0 Å². The van der Waals surface area contributed by atoms with E-state index in [1.807, 2.05) is 0 Å². The highest BCUT2D eigenvalue weighted by Gasteiger charge is 2.42. The smallest absolute Gasteiger partial charge is 0.262 e. The van der Waals surface area contributed by atoms with Crippen molar-refractivity contribution in [3.63, 3.8) is 0 Å². The Hall–Kier alpha value is -1.53. The van der Waals surface area contributed by atoms with Gasteiger partial charge >= 0.3 is 0 Å². The van der Waals surface area contributed by atoms with Crippen molar-refractivity contribution in [2.75, 3.05) is 11.9 Å². The number of anilines is 1. The van der Waals surface area contributed by atoms with Gasteiger partial charge in [-0.15, -0.1) is 0 Å². The third-order valence-corrected chi connectivity index (χ3v) is 2.83. The quantitative estimate of drug-likeness (QED) is 0.759. The Morgan fingerprint density at radius 1 is 1.44 bits per heavy atom. The van der Waals surface area contributed by atoms with Gasteiger partial charge in [0.1, 0.15) is 0 Å². The van der Waals surface area contributed by atoms with Gasteiger partial charge in [0.2, 0.25) is 5.91 Å². The van der Waals surface area contributed by atoms with Crippen LogP contribution in [0.15, 0.2) is 24.3 Å². The number of carbonyl (C=O) groups excluding carboxylic acids is 1. The van der Waals surface area contributed by atoms with E-state index in [9.17, 15) is 13.6 Å². The summed E-state index contributed by atoms with van der Waals surface area (Å²) in [5.41, 5.74) is 1.24. The Morgan fingerprint density at radius 2 is 2.11 bits per heavy atom. The van der Waals surface area contributed by atoms with Crippen LogP contribution in [-0.2, 0) is 11.4 Å². The maximum atomic E-state index is 12.9. The van der Waals surface area contributed by atoms with Crippen molar-refractivity contribution in [3.05, 3.63) is 29.8 Å². The van der Waals surface area contributed by atoms with E-state index in [4.69, 9.17) is 5.11 Å². The molecule has 0 bridgehead atoms. The molecule has 1 atom stereocenters. The van der Waals surface area contributed by atoms with Crippen LogP contribution < -0.4 is 10.6 Å². The SMILES string of the molecule is O=C(Nc1ccc(CO)cc1)C1CC(F)(F)CN1. The van der Waals surface area contributed by atoms with Gasteiger partial charge in [0.25, 0.3) is 5.92 Å². The van der Waals surface area contributed by atoms with Gasteiger partial charge in [-0.25, -0.2) is 8.78 Å². The fourth-order valence-corrected chi connectivity index (χ4v) is 1.82. The summed E-state index contributed by atoms with van der Waals surface area (Å²) in [6, 6.07) is 5.70. The molecule has 1 unspecified atom stereocenters. The molecular weight excluding hydrogens is 242 g/mol. The van der Waals surface area contributed by atoms with Crippen molar-refractivity contribution >= 4 is 11.6 Å². The van der Waals surface area contributed by atoms with Crippen molar-refractivity contribution < 1.29 is 18.7 Å². The van der Waals surface area contributed by atoms with Crippen molar-refractivity contribution in [1.29, 1.82) is 0 Å². The van der Waals surface area contributed by atoms with Crippen molar-refractivity contribution in [3.8, 4) is 0 Å². The second-order valence-corrected chi connectivity index (χ2v) is 4.34. The van der Waals surface area contributed by atoms with Crippen molar-refractivity contribution in [2.24, 2.45) is 0 Å². The lowest BCUT2D eigenvalue weighted by Crippen LogP contribution is -2.35. The molecule has 1 aromatic carbocycles. The normalized spacial score (nSPS) is 21.8. The van der Waals surface area contributed by atoms with Gasteiger partial charge in [0, 0.05) is 12.1 Å². The number of amides is 1. The molecule has 0 spiro atoms. The minimum atomic E-state index is -2.82. The summed E-state index contributed by atoms with van der Waals surface area (Å²) in [7, 11) is 0. The van der Waals surface area contributed by atoms with Crippen LogP contribution in [0.25, 0.3) is 0 Å². The number of hydrogen-bond donors (Lipinski definition) is 3. The lowest BCUT2D eigenvalue weighted by atomic mass is 10.1. The molecule has 6 heteroatoms. The van der Waals surface area contributed by atoms with Gasteiger partial charge in [-0.05, 0) is 17.7 Å². The predicted octanol–water partition coefficient (Wildman–Crippen LogP) is 1.11. The van der Waals surface area contributed by atoms with Gasteiger partial charge in [0.05, 0.1) is 19.2 Å². The molecule has 1 aromatic rings. The van der Waals surface area contributed by atoms with E-state index in [0.717, 1.165) is 5.56 Å². The van der Waals surface area contributed by atoms with Gasteiger partial charge in [-0.1, -0.05) is 12.1 Å². The topological polar surface area (TPSA) is 61.4 Å². The maximum absolute atomic E-state index is 12.9. The van der Waals surface area contributed by atoms with E-state index in [-0.39, 0.29) is 6.61 Å². The second kappa shape index (κ2) is 4.99. The highest BCUT2D eigenvalue weighted by atomic mass is 19.3. The Labute approximate surface area is 103 Å². The monoisotopic (exact) mass is 256 g/mol. The first kappa shape index (κ1) is 12.9. The maximum Gasteiger partial charge on any atom is 0.262 e. The summed E-state index contributed by atoms with van der Waals surface area (Å²) in [5.74, 6) is -3.29. The summed E-state index contributed by atoms with van der Waals surface area (Å²) in [6.45, 7) is -0.542. The van der Waals surface area contributed by atoms with Crippen LogP contribution in [-0.4, -0.2) is 29.5 Å². The average Bonchev–Trinajstić information content (AvgIpc) is 2.71. The van der Waals surface area contributed by atoms with E-state index in [1.54, 1.807) is 24.3 Å². The summed E-state index contributed by atoms with van der Waals surface area (Å²) in [5, 5.41) is 13.9. The zero-order valence-electron chi connectivity index (χ0n) is 9.62. The largest absolute Gasteiger partial charge is 0.392 e. The molecule has 1 amide bonds. The van der Waals surface area contributed by atoms with E-state index >= 15 is 0 Å². The van der Waals surface area contributed by atoms with E-state index in [0.29, 0.717) is 5.69 Å². The molecule has 2 rings (SSSR count). The summed E-state index contributed by atoms with van der Waals surface area (Å²) in [6.07, 6.45) is -0.479.